The predicted molar refractivity (Wildman–Crippen MR) is 102 cm³/mol. The lowest BCUT2D eigenvalue weighted by Crippen LogP contribution is -2.49. The van der Waals surface area contributed by atoms with Gasteiger partial charge in [-0.1, -0.05) is 37.6 Å². The second kappa shape index (κ2) is 9.27. The number of nitrogens with one attached hydrogen (secondary N) is 2. The van der Waals surface area contributed by atoms with Gasteiger partial charge in [-0.15, -0.1) is 0 Å². The predicted octanol–water partition coefficient (Wildman–Crippen LogP) is 3.46. The van der Waals surface area contributed by atoms with Crippen molar-refractivity contribution in [3.8, 4) is 0 Å². The van der Waals surface area contributed by atoms with Gasteiger partial charge < -0.3 is 10.6 Å². The Morgan fingerprint density at radius 1 is 1.18 bits per heavy atom. The zero-order valence-electron chi connectivity index (χ0n) is 15.2. The molecule has 0 fully saturated rings. The fourth-order valence-corrected chi connectivity index (χ4v) is 2.72. The number of halogens is 2. The van der Waals surface area contributed by atoms with Gasteiger partial charge in [0, 0.05) is 18.7 Å². The summed E-state index contributed by atoms with van der Waals surface area (Å²) in [6.07, 6.45) is 0. The van der Waals surface area contributed by atoms with Crippen LogP contribution in [0, 0.1) is 21.8 Å². The minimum atomic E-state index is -0.848. The van der Waals surface area contributed by atoms with Gasteiger partial charge in [-0.05, 0) is 29.7 Å². The number of hydrogen-bond donors (Lipinski definition) is 2. The number of nitro groups is 1. The number of rotatable bonds is 7. The Labute approximate surface area is 166 Å². The molecule has 148 valence electrons. The van der Waals surface area contributed by atoms with Gasteiger partial charge in [0.25, 0.3) is 11.6 Å². The highest BCUT2D eigenvalue weighted by molar-refractivity contribution is 6.34. The monoisotopic (exact) mass is 407 g/mol. The molecule has 0 saturated heterocycles. The van der Waals surface area contributed by atoms with Crippen molar-refractivity contribution < 1.29 is 18.9 Å². The Hall–Kier alpha value is -3.00. The minimum absolute atomic E-state index is 0.0317. The maximum Gasteiger partial charge on any atom is 0.270 e. The zero-order valence-corrected chi connectivity index (χ0v) is 16.0. The first-order chi connectivity index (χ1) is 13.2. The average Bonchev–Trinajstić information content (AvgIpc) is 2.64. The first kappa shape index (κ1) is 21.3. The molecule has 0 bridgehead atoms. The van der Waals surface area contributed by atoms with Gasteiger partial charge in [0.15, 0.2) is 0 Å². The van der Waals surface area contributed by atoms with E-state index in [-0.39, 0.29) is 34.6 Å². The van der Waals surface area contributed by atoms with E-state index in [1.165, 1.54) is 24.3 Å². The van der Waals surface area contributed by atoms with Gasteiger partial charge in [0.1, 0.15) is 11.9 Å². The summed E-state index contributed by atoms with van der Waals surface area (Å²) >= 11 is 5.97. The number of nitro benzene ring substituents is 1. The highest BCUT2D eigenvalue weighted by Crippen LogP contribution is 2.22. The van der Waals surface area contributed by atoms with Crippen LogP contribution in [0.2, 0.25) is 5.02 Å². The van der Waals surface area contributed by atoms with E-state index in [0.29, 0.717) is 5.56 Å². The van der Waals surface area contributed by atoms with E-state index in [1.54, 1.807) is 26.0 Å². The number of carbonyl (C=O) groups is 2. The zero-order chi connectivity index (χ0) is 20.8. The first-order valence-corrected chi connectivity index (χ1v) is 8.83. The Bertz CT molecular complexity index is 887. The van der Waals surface area contributed by atoms with Gasteiger partial charge in [-0.3, -0.25) is 19.7 Å². The van der Waals surface area contributed by atoms with Crippen molar-refractivity contribution in [3.63, 3.8) is 0 Å². The average molecular weight is 408 g/mol. The summed E-state index contributed by atoms with van der Waals surface area (Å²) in [5.74, 6) is -1.63. The molecular weight excluding hydrogens is 389 g/mol. The van der Waals surface area contributed by atoms with Crippen LogP contribution in [-0.2, 0) is 11.3 Å². The van der Waals surface area contributed by atoms with Crippen LogP contribution in [0.5, 0.6) is 0 Å². The first-order valence-electron chi connectivity index (χ1n) is 8.46. The standard InChI is InChI=1S/C19H19ClFN3O4/c1-11(2)17(19(26)22-10-12-3-5-13(21)6-4-12)23-18(25)15-8-7-14(24(27)28)9-16(15)20/h3-9,11,17H,10H2,1-2H3,(H,22,26)(H,23,25). The summed E-state index contributed by atoms with van der Waals surface area (Å²) in [5.41, 5.74) is 0.505. The summed E-state index contributed by atoms with van der Waals surface area (Å²) in [6, 6.07) is 8.32. The molecule has 9 heteroatoms. The maximum atomic E-state index is 12.9. The van der Waals surface area contributed by atoms with Crippen molar-refractivity contribution in [2.24, 2.45) is 5.92 Å². The second-order valence-corrected chi connectivity index (χ2v) is 6.87. The molecule has 0 aliphatic carbocycles. The van der Waals surface area contributed by atoms with Gasteiger partial charge in [0.2, 0.25) is 5.91 Å². The summed E-state index contributed by atoms with van der Waals surface area (Å²) in [4.78, 5) is 35.1. The fourth-order valence-electron chi connectivity index (χ4n) is 2.46. The van der Waals surface area contributed by atoms with Crippen molar-refractivity contribution in [3.05, 3.63) is 74.5 Å². The molecule has 1 unspecified atom stereocenters. The third-order valence-electron chi connectivity index (χ3n) is 4.02. The van der Waals surface area contributed by atoms with Gasteiger partial charge in [-0.2, -0.15) is 0 Å². The molecule has 7 nitrogen and oxygen atoms in total. The quantitative estimate of drug-likeness (QED) is 0.542. The normalized spacial score (nSPS) is 11.8. The highest BCUT2D eigenvalue weighted by Gasteiger charge is 2.25. The van der Waals surface area contributed by atoms with Crippen LogP contribution in [0.25, 0.3) is 0 Å². The second-order valence-electron chi connectivity index (χ2n) is 6.46. The topological polar surface area (TPSA) is 101 Å². The number of amides is 2. The third kappa shape index (κ3) is 5.50. The summed E-state index contributed by atoms with van der Waals surface area (Å²) in [5, 5.41) is 16.0. The summed E-state index contributed by atoms with van der Waals surface area (Å²) in [6.45, 7) is 3.70. The highest BCUT2D eigenvalue weighted by atomic mass is 35.5. The van der Waals surface area contributed by atoms with Crippen molar-refractivity contribution in [2.45, 2.75) is 26.4 Å². The largest absolute Gasteiger partial charge is 0.350 e. The van der Waals surface area contributed by atoms with Crippen molar-refractivity contribution in [2.75, 3.05) is 0 Å². The number of nitrogens with zero attached hydrogens (tertiary/aromatic N) is 1. The van der Waals surface area contributed by atoms with Crippen LogP contribution in [-0.4, -0.2) is 22.8 Å². The number of benzene rings is 2. The van der Waals surface area contributed by atoms with Crippen LogP contribution >= 0.6 is 11.6 Å². The molecule has 0 radical (unpaired) electrons. The molecule has 2 aromatic rings. The number of hydrogen-bond acceptors (Lipinski definition) is 4. The van der Waals surface area contributed by atoms with Crippen molar-refractivity contribution in [1.82, 2.24) is 10.6 Å². The van der Waals surface area contributed by atoms with E-state index in [2.05, 4.69) is 10.6 Å². The van der Waals surface area contributed by atoms with E-state index in [1.807, 2.05) is 0 Å². The van der Waals surface area contributed by atoms with E-state index in [9.17, 15) is 24.1 Å². The molecule has 1 atom stereocenters. The molecule has 0 saturated carbocycles. The summed E-state index contributed by atoms with van der Waals surface area (Å²) in [7, 11) is 0. The Kier molecular flexibility index (Phi) is 7.06. The van der Waals surface area contributed by atoms with Crippen molar-refractivity contribution in [1.29, 1.82) is 0 Å². The Balaban J connectivity index is 2.06. The maximum absolute atomic E-state index is 12.9. The lowest BCUT2D eigenvalue weighted by Gasteiger charge is -2.22. The molecule has 0 spiro atoms. The van der Waals surface area contributed by atoms with E-state index in [0.717, 1.165) is 6.07 Å². The number of non-ortho nitro benzene ring substituents is 1. The molecule has 0 aliphatic rings. The van der Waals surface area contributed by atoms with E-state index >= 15 is 0 Å². The van der Waals surface area contributed by atoms with Crippen LogP contribution < -0.4 is 10.6 Å². The summed E-state index contributed by atoms with van der Waals surface area (Å²) < 4.78 is 12.9. The fraction of sp³-hybridized carbons (Fsp3) is 0.263. The van der Waals surface area contributed by atoms with Crippen LogP contribution in [0.15, 0.2) is 42.5 Å². The Morgan fingerprint density at radius 3 is 2.36 bits per heavy atom. The van der Waals surface area contributed by atoms with E-state index in [4.69, 9.17) is 11.6 Å². The molecule has 2 amide bonds. The SMILES string of the molecule is CC(C)C(NC(=O)c1ccc([N+](=O)[O-])cc1Cl)C(=O)NCc1ccc(F)cc1. The molecule has 0 heterocycles. The van der Waals surface area contributed by atoms with Crippen LogP contribution in [0.3, 0.4) is 0 Å². The molecular formula is C19H19ClFN3O4. The third-order valence-corrected chi connectivity index (χ3v) is 4.34. The van der Waals surface area contributed by atoms with Gasteiger partial charge in [0.05, 0.1) is 15.5 Å². The molecule has 2 rings (SSSR count). The van der Waals surface area contributed by atoms with Crippen molar-refractivity contribution >= 4 is 29.1 Å². The molecule has 28 heavy (non-hydrogen) atoms. The lowest BCUT2D eigenvalue weighted by molar-refractivity contribution is -0.384. The van der Waals surface area contributed by atoms with E-state index < -0.39 is 22.8 Å². The molecule has 0 aliphatic heterocycles. The van der Waals surface area contributed by atoms with Gasteiger partial charge in [-0.25, -0.2) is 4.39 Å². The van der Waals surface area contributed by atoms with Crippen LogP contribution in [0.4, 0.5) is 10.1 Å². The Morgan fingerprint density at radius 2 is 1.82 bits per heavy atom. The molecule has 2 N–H and O–H groups in total. The molecule has 0 aromatic heterocycles. The lowest BCUT2D eigenvalue weighted by atomic mass is 10.0. The number of carbonyl (C=O) groups excluding carboxylic acids is 2. The van der Waals surface area contributed by atoms with Gasteiger partial charge >= 0.3 is 0 Å². The molecule has 2 aromatic carbocycles. The van der Waals surface area contributed by atoms with Crippen LogP contribution in [0.1, 0.15) is 29.8 Å². The smallest absolute Gasteiger partial charge is 0.270 e. The minimum Gasteiger partial charge on any atom is -0.350 e.